The van der Waals surface area contributed by atoms with Gasteiger partial charge in [-0.05, 0) is 46.0 Å². The molecule has 1 amide bonds. The molecule has 0 saturated heterocycles. The number of nitrogens with one attached hydrogen (secondary N) is 1. The zero-order valence-corrected chi connectivity index (χ0v) is 14.2. The van der Waals surface area contributed by atoms with Crippen LogP contribution in [0.5, 0.6) is 0 Å². The van der Waals surface area contributed by atoms with Gasteiger partial charge in [-0.15, -0.1) is 11.3 Å². The van der Waals surface area contributed by atoms with E-state index in [2.05, 4.69) is 59.4 Å². The van der Waals surface area contributed by atoms with E-state index in [4.69, 9.17) is 0 Å². The average Bonchev–Trinajstić information content (AvgIpc) is 2.85. The van der Waals surface area contributed by atoms with Gasteiger partial charge >= 0.3 is 0 Å². The Hall–Kier alpha value is -1.13. The van der Waals surface area contributed by atoms with Gasteiger partial charge in [-0.25, -0.2) is 0 Å². The summed E-state index contributed by atoms with van der Waals surface area (Å²) in [4.78, 5) is 12.1. The molecule has 1 unspecified atom stereocenters. The van der Waals surface area contributed by atoms with Gasteiger partial charge < -0.3 is 5.32 Å². The van der Waals surface area contributed by atoms with Crippen LogP contribution in [0, 0.1) is 0 Å². The summed E-state index contributed by atoms with van der Waals surface area (Å²) in [6.45, 7) is 6.35. The molecule has 0 radical (unpaired) electrons. The van der Waals surface area contributed by atoms with Crippen LogP contribution in [0.25, 0.3) is 0 Å². The Labute approximate surface area is 132 Å². The van der Waals surface area contributed by atoms with Crippen molar-refractivity contribution in [1.29, 1.82) is 0 Å². The van der Waals surface area contributed by atoms with Crippen molar-refractivity contribution in [2.24, 2.45) is 0 Å². The molecule has 0 bridgehead atoms. The number of amides is 1. The summed E-state index contributed by atoms with van der Waals surface area (Å²) in [5, 5.41) is 4.88. The van der Waals surface area contributed by atoms with E-state index in [9.17, 15) is 4.79 Å². The lowest BCUT2D eigenvalue weighted by molar-refractivity contribution is 0.0940. The zero-order chi connectivity index (χ0) is 14.7. The fraction of sp³-hybridized carbons (Fsp3) is 0.312. The van der Waals surface area contributed by atoms with Crippen molar-refractivity contribution in [2.75, 3.05) is 0 Å². The predicted octanol–water partition coefficient (Wildman–Crippen LogP) is 5.13. The summed E-state index contributed by atoms with van der Waals surface area (Å²) in [7, 11) is 0. The molecule has 0 aliphatic heterocycles. The number of carbonyl (C=O) groups is 1. The van der Waals surface area contributed by atoms with E-state index in [1.54, 1.807) is 0 Å². The van der Waals surface area contributed by atoms with Gasteiger partial charge in [-0.2, -0.15) is 0 Å². The van der Waals surface area contributed by atoms with Crippen LogP contribution >= 0.6 is 27.3 Å². The number of benzene rings is 1. The van der Waals surface area contributed by atoms with Gasteiger partial charge in [0.2, 0.25) is 0 Å². The van der Waals surface area contributed by atoms with Gasteiger partial charge in [0, 0.05) is 5.38 Å². The van der Waals surface area contributed by atoms with Gasteiger partial charge in [-0.3, -0.25) is 4.79 Å². The molecule has 0 spiro atoms. The van der Waals surface area contributed by atoms with Crippen molar-refractivity contribution in [3.8, 4) is 0 Å². The van der Waals surface area contributed by atoms with Gasteiger partial charge in [0.15, 0.2) is 0 Å². The smallest absolute Gasteiger partial charge is 0.252 e. The third-order valence-electron chi connectivity index (χ3n) is 3.28. The standard InChI is InChI=1S/C16H18BrNOS/c1-10(2)12-4-6-13(7-5-12)11(3)18-16(19)14-8-15(17)20-9-14/h4-11H,1-3H3,(H,18,19). The number of hydrogen-bond donors (Lipinski definition) is 1. The lowest BCUT2D eigenvalue weighted by Gasteiger charge is -2.15. The largest absolute Gasteiger partial charge is 0.345 e. The van der Waals surface area contributed by atoms with Gasteiger partial charge in [-0.1, -0.05) is 38.1 Å². The Balaban J connectivity index is 2.04. The van der Waals surface area contributed by atoms with Crippen molar-refractivity contribution >= 4 is 33.2 Å². The molecule has 2 rings (SSSR count). The van der Waals surface area contributed by atoms with Crippen LogP contribution in [0.1, 0.15) is 54.2 Å². The highest BCUT2D eigenvalue weighted by Crippen LogP contribution is 2.22. The molecule has 1 aromatic heterocycles. The second kappa shape index (κ2) is 6.55. The minimum Gasteiger partial charge on any atom is -0.345 e. The SMILES string of the molecule is CC(C)c1ccc(C(C)NC(=O)c2csc(Br)c2)cc1. The van der Waals surface area contributed by atoms with Crippen LogP contribution in [0.15, 0.2) is 39.5 Å². The van der Waals surface area contributed by atoms with Crippen LogP contribution in [0.3, 0.4) is 0 Å². The highest BCUT2D eigenvalue weighted by molar-refractivity contribution is 9.11. The number of thiophene rings is 1. The van der Waals surface area contributed by atoms with Crippen LogP contribution in [0.4, 0.5) is 0 Å². The van der Waals surface area contributed by atoms with Crippen LogP contribution in [-0.4, -0.2) is 5.91 Å². The predicted molar refractivity (Wildman–Crippen MR) is 88.4 cm³/mol. The molecule has 1 N–H and O–H groups in total. The normalized spacial score (nSPS) is 12.4. The fourth-order valence-corrected chi connectivity index (χ4v) is 3.10. The molecule has 0 saturated carbocycles. The zero-order valence-electron chi connectivity index (χ0n) is 11.8. The minimum absolute atomic E-state index is 0.00221. The Bertz CT molecular complexity index is 589. The number of halogens is 1. The molecule has 0 fully saturated rings. The first-order chi connectivity index (χ1) is 9.47. The molecule has 20 heavy (non-hydrogen) atoms. The summed E-state index contributed by atoms with van der Waals surface area (Å²) in [5.41, 5.74) is 3.14. The summed E-state index contributed by atoms with van der Waals surface area (Å²) in [6.07, 6.45) is 0. The minimum atomic E-state index is -0.0348. The second-order valence-corrected chi connectivity index (χ2v) is 7.45. The lowest BCUT2D eigenvalue weighted by Crippen LogP contribution is -2.26. The third-order valence-corrected chi connectivity index (χ3v) is 4.78. The van der Waals surface area contributed by atoms with E-state index in [0.717, 1.165) is 9.35 Å². The van der Waals surface area contributed by atoms with Gasteiger partial charge in [0.25, 0.3) is 5.91 Å². The first-order valence-corrected chi connectivity index (χ1v) is 8.29. The average molecular weight is 352 g/mol. The number of rotatable bonds is 4. The number of hydrogen-bond acceptors (Lipinski definition) is 2. The van der Waals surface area contributed by atoms with Crippen molar-refractivity contribution in [3.63, 3.8) is 0 Å². The maximum absolute atomic E-state index is 12.1. The van der Waals surface area contributed by atoms with Crippen molar-refractivity contribution < 1.29 is 4.79 Å². The molecule has 0 aliphatic rings. The van der Waals surface area contributed by atoms with Crippen molar-refractivity contribution in [1.82, 2.24) is 5.32 Å². The topological polar surface area (TPSA) is 29.1 Å². The Morgan fingerprint density at radius 3 is 2.25 bits per heavy atom. The van der Waals surface area contributed by atoms with E-state index in [0.29, 0.717) is 11.5 Å². The molecule has 0 aliphatic carbocycles. The Morgan fingerprint density at radius 1 is 1.15 bits per heavy atom. The van der Waals surface area contributed by atoms with E-state index >= 15 is 0 Å². The molecule has 1 atom stereocenters. The summed E-state index contributed by atoms with van der Waals surface area (Å²) in [6, 6.07) is 10.3. The lowest BCUT2D eigenvalue weighted by atomic mass is 9.99. The molecule has 2 nitrogen and oxygen atoms in total. The molecule has 2 aromatic rings. The Kier molecular flexibility index (Phi) is 5.00. The van der Waals surface area contributed by atoms with Crippen LogP contribution < -0.4 is 5.32 Å². The van der Waals surface area contributed by atoms with Gasteiger partial charge in [0.1, 0.15) is 0 Å². The van der Waals surface area contributed by atoms with E-state index in [1.807, 2.05) is 18.4 Å². The van der Waals surface area contributed by atoms with E-state index in [-0.39, 0.29) is 11.9 Å². The van der Waals surface area contributed by atoms with E-state index < -0.39 is 0 Å². The molecular formula is C16H18BrNOS. The maximum atomic E-state index is 12.1. The number of carbonyl (C=O) groups excluding carboxylic acids is 1. The monoisotopic (exact) mass is 351 g/mol. The summed E-state index contributed by atoms with van der Waals surface area (Å²) < 4.78 is 0.969. The molecule has 4 heteroatoms. The molecular weight excluding hydrogens is 334 g/mol. The second-order valence-electron chi connectivity index (χ2n) is 5.16. The quantitative estimate of drug-likeness (QED) is 0.813. The highest BCUT2D eigenvalue weighted by atomic mass is 79.9. The maximum Gasteiger partial charge on any atom is 0.252 e. The van der Waals surface area contributed by atoms with Crippen molar-refractivity contribution in [3.05, 3.63) is 56.2 Å². The van der Waals surface area contributed by atoms with Gasteiger partial charge in [0.05, 0.1) is 15.4 Å². The molecule has 106 valence electrons. The van der Waals surface area contributed by atoms with Crippen LogP contribution in [0.2, 0.25) is 0 Å². The Morgan fingerprint density at radius 2 is 1.75 bits per heavy atom. The van der Waals surface area contributed by atoms with Crippen LogP contribution in [-0.2, 0) is 0 Å². The van der Waals surface area contributed by atoms with E-state index in [1.165, 1.54) is 16.9 Å². The molecule has 1 heterocycles. The van der Waals surface area contributed by atoms with Crippen molar-refractivity contribution in [2.45, 2.75) is 32.7 Å². The highest BCUT2D eigenvalue weighted by Gasteiger charge is 2.13. The third kappa shape index (κ3) is 3.70. The first kappa shape index (κ1) is 15.3. The molecule has 1 aromatic carbocycles. The summed E-state index contributed by atoms with van der Waals surface area (Å²) in [5.74, 6) is 0.490. The summed E-state index contributed by atoms with van der Waals surface area (Å²) >= 11 is 4.89. The fourth-order valence-electron chi connectivity index (χ4n) is 1.96. The first-order valence-electron chi connectivity index (χ1n) is 6.62.